The van der Waals surface area contributed by atoms with E-state index in [9.17, 15) is 14.4 Å². The van der Waals surface area contributed by atoms with Gasteiger partial charge in [0.15, 0.2) is 0 Å². The molecule has 4 heterocycles. The minimum atomic E-state index is -0.501. The molecule has 0 unspecified atom stereocenters. The summed E-state index contributed by atoms with van der Waals surface area (Å²) in [6.07, 6.45) is 15.6. The minimum Gasteiger partial charge on any atom is -0.468 e. The van der Waals surface area contributed by atoms with Gasteiger partial charge in [0.25, 0.3) is 11.1 Å². The maximum Gasteiger partial charge on any atom is 0.325 e. The van der Waals surface area contributed by atoms with E-state index in [4.69, 9.17) is 9.72 Å². The molecule has 0 amide bonds. The van der Waals surface area contributed by atoms with Crippen molar-refractivity contribution in [1.82, 2.24) is 19.0 Å². The van der Waals surface area contributed by atoms with Gasteiger partial charge in [-0.25, -0.2) is 4.98 Å². The molecule has 3 aromatic rings. The summed E-state index contributed by atoms with van der Waals surface area (Å²) in [7, 11) is 1.29. The van der Waals surface area contributed by atoms with Crippen molar-refractivity contribution < 1.29 is 9.53 Å². The molecule has 41 heavy (non-hydrogen) atoms. The van der Waals surface area contributed by atoms with Crippen molar-refractivity contribution in [2.45, 2.75) is 101 Å². The normalized spacial score (nSPS) is 29.8. The summed E-state index contributed by atoms with van der Waals surface area (Å²) >= 11 is 0. The van der Waals surface area contributed by atoms with Crippen molar-refractivity contribution in [2.75, 3.05) is 7.11 Å². The number of pyridine rings is 1. The van der Waals surface area contributed by atoms with Gasteiger partial charge >= 0.3 is 5.97 Å². The Hall–Kier alpha value is -3.26. The Kier molecular flexibility index (Phi) is 7.05. The lowest BCUT2D eigenvalue weighted by Crippen LogP contribution is -2.58. The molecule has 2 saturated carbocycles. The third kappa shape index (κ3) is 4.94. The number of esters is 1. The van der Waals surface area contributed by atoms with Gasteiger partial charge in [0.2, 0.25) is 0 Å². The molecule has 2 saturated heterocycles. The van der Waals surface area contributed by atoms with Crippen LogP contribution in [0.2, 0.25) is 0 Å². The lowest BCUT2D eigenvalue weighted by Gasteiger charge is -2.55. The molecule has 2 aliphatic carbocycles. The molecule has 0 spiro atoms. The van der Waals surface area contributed by atoms with E-state index in [0.717, 1.165) is 35.7 Å². The maximum atomic E-state index is 14.2. The van der Waals surface area contributed by atoms with Crippen molar-refractivity contribution in [3.05, 3.63) is 63.3 Å². The second-order valence-corrected chi connectivity index (χ2v) is 12.9. The number of nitrogens with zero attached hydrogens (tertiary/aromatic N) is 4. The molecule has 4 fully saturated rings. The molecular formula is C33H40N4O4. The van der Waals surface area contributed by atoms with Gasteiger partial charge in [-0.1, -0.05) is 37.8 Å². The first kappa shape index (κ1) is 26.6. The summed E-state index contributed by atoms with van der Waals surface area (Å²) in [6.45, 7) is -0.172. The number of aromatic nitrogens is 3. The number of carbonyl (C=O) groups is 1. The van der Waals surface area contributed by atoms with Crippen molar-refractivity contribution >= 4 is 17.0 Å². The third-order valence-electron chi connectivity index (χ3n) is 10.5. The van der Waals surface area contributed by atoms with Crippen LogP contribution in [-0.4, -0.2) is 50.2 Å². The zero-order valence-corrected chi connectivity index (χ0v) is 23.9. The minimum absolute atomic E-state index is 0.100. The summed E-state index contributed by atoms with van der Waals surface area (Å²) in [5, 5.41) is 0. The second kappa shape index (κ2) is 10.9. The topological polar surface area (TPSA) is 86.4 Å². The van der Waals surface area contributed by atoms with E-state index in [-0.39, 0.29) is 23.7 Å². The Morgan fingerprint density at radius 1 is 0.878 bits per heavy atom. The molecule has 2 aromatic heterocycles. The molecule has 8 nitrogen and oxygen atoms in total. The number of ether oxygens (including phenoxy) is 1. The first-order valence-electron chi connectivity index (χ1n) is 15.5. The first-order chi connectivity index (χ1) is 20.0. The van der Waals surface area contributed by atoms with E-state index in [1.165, 1.54) is 81.7 Å². The zero-order valence-electron chi connectivity index (χ0n) is 23.9. The number of benzene rings is 1. The highest BCUT2D eigenvalue weighted by Gasteiger charge is 2.45. The fourth-order valence-corrected chi connectivity index (χ4v) is 8.83. The molecule has 6 atom stereocenters. The summed E-state index contributed by atoms with van der Waals surface area (Å²) in [6, 6.07) is 12.8. The molecule has 1 aromatic carbocycles. The van der Waals surface area contributed by atoms with Gasteiger partial charge < -0.3 is 13.9 Å². The smallest absolute Gasteiger partial charge is 0.325 e. The monoisotopic (exact) mass is 556 g/mol. The number of methoxy groups -OCH3 is 1. The van der Waals surface area contributed by atoms with Gasteiger partial charge in [-0.3, -0.25) is 19.3 Å². The number of carbonyl (C=O) groups excluding carboxylic acids is 1. The zero-order chi connectivity index (χ0) is 28.1. The number of fused-ring (bicyclic) bond motifs is 5. The largest absolute Gasteiger partial charge is 0.468 e. The van der Waals surface area contributed by atoms with Crippen LogP contribution in [0.1, 0.15) is 76.7 Å². The predicted molar refractivity (Wildman–Crippen MR) is 158 cm³/mol. The fourth-order valence-electron chi connectivity index (χ4n) is 8.83. The van der Waals surface area contributed by atoms with Crippen LogP contribution in [0, 0.1) is 11.8 Å². The molecule has 8 heteroatoms. The van der Waals surface area contributed by atoms with E-state index >= 15 is 0 Å². The Labute approximate surface area is 240 Å². The average molecular weight is 557 g/mol. The van der Waals surface area contributed by atoms with Gasteiger partial charge in [-0.05, 0) is 75.0 Å². The number of piperidine rings is 2. The van der Waals surface area contributed by atoms with Crippen LogP contribution in [-0.2, 0) is 16.1 Å². The Morgan fingerprint density at radius 3 is 2.29 bits per heavy atom. The molecule has 4 aliphatic rings. The van der Waals surface area contributed by atoms with Crippen molar-refractivity contribution in [1.29, 1.82) is 0 Å². The number of hydrogen-bond donors (Lipinski definition) is 0. The Balaban J connectivity index is 1.24. The van der Waals surface area contributed by atoms with Crippen LogP contribution in [0.15, 0.2) is 52.2 Å². The number of rotatable bonds is 5. The SMILES string of the molecule is COC(=O)Cn1ccc(-c2nc3ccccc3n([C@H]3C[C@H]4CCC[C@@H](C3)N4[C@H]3C[C@@H]4CCC[C@@H](C4)C3)c2=O)cc1=O. The summed E-state index contributed by atoms with van der Waals surface area (Å²) < 4.78 is 7.98. The summed E-state index contributed by atoms with van der Waals surface area (Å²) in [4.78, 5) is 46.5. The van der Waals surface area contributed by atoms with Crippen LogP contribution >= 0.6 is 0 Å². The molecule has 2 aliphatic heterocycles. The maximum absolute atomic E-state index is 14.2. The van der Waals surface area contributed by atoms with Gasteiger partial charge in [0, 0.05) is 42.0 Å². The van der Waals surface area contributed by atoms with Crippen LogP contribution in [0.4, 0.5) is 0 Å². The Bertz CT molecular complexity index is 1550. The molecule has 7 rings (SSSR count). The number of para-hydroxylation sites is 2. The molecule has 4 bridgehead atoms. The summed E-state index contributed by atoms with van der Waals surface area (Å²) in [5.74, 6) is 1.31. The van der Waals surface area contributed by atoms with Gasteiger partial charge in [0.05, 0.1) is 18.1 Å². The van der Waals surface area contributed by atoms with Gasteiger partial charge in [0.1, 0.15) is 12.2 Å². The third-order valence-corrected chi connectivity index (χ3v) is 10.5. The van der Waals surface area contributed by atoms with Gasteiger partial charge in [-0.2, -0.15) is 0 Å². The molecule has 216 valence electrons. The second-order valence-electron chi connectivity index (χ2n) is 12.9. The van der Waals surface area contributed by atoms with Crippen LogP contribution in [0.25, 0.3) is 22.3 Å². The highest BCUT2D eigenvalue weighted by Crippen LogP contribution is 2.47. The first-order valence-corrected chi connectivity index (χ1v) is 15.5. The molecular weight excluding hydrogens is 516 g/mol. The van der Waals surface area contributed by atoms with E-state index in [0.29, 0.717) is 29.4 Å². The number of hydrogen-bond acceptors (Lipinski definition) is 6. The molecule has 0 radical (unpaired) electrons. The quantitative estimate of drug-likeness (QED) is 0.415. The molecule has 0 N–H and O–H groups in total. The van der Waals surface area contributed by atoms with Crippen molar-refractivity contribution in [2.24, 2.45) is 11.8 Å². The lowest BCUT2D eigenvalue weighted by atomic mass is 9.68. The van der Waals surface area contributed by atoms with Crippen LogP contribution in [0.3, 0.4) is 0 Å². The van der Waals surface area contributed by atoms with Crippen LogP contribution in [0.5, 0.6) is 0 Å². The highest BCUT2D eigenvalue weighted by molar-refractivity contribution is 5.78. The van der Waals surface area contributed by atoms with Gasteiger partial charge in [-0.15, -0.1) is 0 Å². The van der Waals surface area contributed by atoms with E-state index in [1.807, 2.05) is 28.8 Å². The fraction of sp³-hybridized carbons (Fsp3) is 0.576. The predicted octanol–water partition coefficient (Wildman–Crippen LogP) is 4.93. The van der Waals surface area contributed by atoms with E-state index in [1.54, 1.807) is 6.07 Å². The standard InChI is InChI=1S/C33H40N4O4/c1-41-31(39)20-35-13-12-23(17-30(35)38)32-33(40)37(29-11-3-2-10-28(29)34-32)27-18-24-8-5-9-25(19-27)36(24)26-15-21-6-4-7-22(14-21)16-26/h2-3,10-13,17,21-22,24-27H,4-9,14-16,18-20H2,1H3/t21-,22+,24-,25+,26+,27+. The average Bonchev–Trinajstić information content (AvgIpc) is 2.97. The van der Waals surface area contributed by atoms with E-state index < -0.39 is 5.97 Å². The van der Waals surface area contributed by atoms with Crippen molar-refractivity contribution in [3.8, 4) is 11.3 Å². The van der Waals surface area contributed by atoms with E-state index in [2.05, 4.69) is 4.90 Å². The highest BCUT2D eigenvalue weighted by atomic mass is 16.5. The van der Waals surface area contributed by atoms with Crippen LogP contribution < -0.4 is 11.1 Å². The Morgan fingerprint density at radius 2 is 1.59 bits per heavy atom. The lowest BCUT2D eigenvalue weighted by molar-refractivity contribution is -0.141. The van der Waals surface area contributed by atoms with Crippen molar-refractivity contribution in [3.63, 3.8) is 0 Å². The summed E-state index contributed by atoms with van der Waals surface area (Å²) in [5.41, 5.74) is 1.88.